The molecule has 0 bridgehead atoms. The Balaban J connectivity index is 1.14. The van der Waals surface area contributed by atoms with Gasteiger partial charge in [-0.15, -0.1) is 0 Å². The van der Waals surface area contributed by atoms with Gasteiger partial charge in [0.05, 0.1) is 22.7 Å². The van der Waals surface area contributed by atoms with E-state index in [9.17, 15) is 0 Å². The zero-order chi connectivity index (χ0) is 47.0. The van der Waals surface area contributed by atoms with Crippen molar-refractivity contribution in [3.8, 4) is 0 Å². The first kappa shape index (κ1) is 41.8. The van der Waals surface area contributed by atoms with Crippen LogP contribution >= 0.6 is 0 Å². The van der Waals surface area contributed by atoms with Crippen molar-refractivity contribution in [2.45, 2.75) is 80.1 Å². The standard InChI is InChI=1S/C64H56N2O2/c1-37-17-11-13-21-49(37)65(53-23-15-19-45-55-39(3)25-33-47(63(5,6)7)61(55)67-59(45)53)51-35-29-41-28-32-44-52(36-30-42-27-31-43(51)57(41)58(42)44)66(50-22-14-12-18-38(50)2)54-24-16-20-46-56-40(4)26-34-48(64(8,9)10)62(56)68-60(46)54/h11-36H,1-10H3. The summed E-state index contributed by atoms with van der Waals surface area (Å²) in [5, 5.41) is 11.8. The van der Waals surface area contributed by atoms with Gasteiger partial charge in [-0.05, 0) is 119 Å². The fourth-order valence-corrected chi connectivity index (χ4v) is 11.2. The minimum Gasteiger partial charge on any atom is -0.454 e. The third kappa shape index (κ3) is 6.19. The largest absolute Gasteiger partial charge is 0.454 e. The molecule has 0 N–H and O–H groups in total. The van der Waals surface area contributed by atoms with Crippen molar-refractivity contribution in [2.75, 3.05) is 9.80 Å². The summed E-state index contributed by atoms with van der Waals surface area (Å²) in [6.07, 6.45) is 0. The average Bonchev–Trinajstić information content (AvgIpc) is 3.91. The van der Waals surface area contributed by atoms with E-state index >= 15 is 0 Å². The fourth-order valence-electron chi connectivity index (χ4n) is 11.2. The van der Waals surface area contributed by atoms with E-state index in [1.165, 1.54) is 76.5 Å². The van der Waals surface area contributed by atoms with Crippen LogP contribution < -0.4 is 9.80 Å². The average molecular weight is 885 g/mol. The summed E-state index contributed by atoms with van der Waals surface area (Å²) in [5.41, 5.74) is 17.2. The maximum absolute atomic E-state index is 7.17. The highest BCUT2D eigenvalue weighted by Crippen LogP contribution is 2.52. The van der Waals surface area contributed by atoms with Crippen LogP contribution in [0.15, 0.2) is 167 Å². The summed E-state index contributed by atoms with van der Waals surface area (Å²) in [4.78, 5) is 4.88. The molecule has 2 aromatic heterocycles. The Kier molecular flexibility index (Phi) is 9.21. The van der Waals surface area contributed by atoms with Gasteiger partial charge in [-0.1, -0.05) is 163 Å². The zero-order valence-electron chi connectivity index (χ0n) is 40.7. The van der Waals surface area contributed by atoms with Crippen molar-refractivity contribution in [1.82, 2.24) is 0 Å². The van der Waals surface area contributed by atoms with E-state index in [0.29, 0.717) is 0 Å². The maximum atomic E-state index is 7.17. The molecule has 0 fully saturated rings. The quantitative estimate of drug-likeness (QED) is 0.156. The molecule has 12 aromatic rings. The molecular formula is C64H56N2O2. The number of hydrogen-bond acceptors (Lipinski definition) is 4. The van der Waals surface area contributed by atoms with E-state index in [0.717, 1.165) is 67.2 Å². The Labute approximate surface area is 398 Å². The summed E-state index contributed by atoms with van der Waals surface area (Å²) in [6.45, 7) is 22.4. The molecule has 12 rings (SSSR count). The Morgan fingerprint density at radius 1 is 0.294 bits per heavy atom. The minimum atomic E-state index is -0.0944. The van der Waals surface area contributed by atoms with Crippen LogP contribution in [0.1, 0.15) is 74.9 Å². The summed E-state index contributed by atoms with van der Waals surface area (Å²) in [7, 11) is 0. The molecule has 0 atom stereocenters. The van der Waals surface area contributed by atoms with Crippen LogP contribution in [0.3, 0.4) is 0 Å². The highest BCUT2D eigenvalue weighted by atomic mass is 16.3. The Hall–Kier alpha value is -7.56. The first-order valence-corrected chi connectivity index (χ1v) is 24.0. The Morgan fingerprint density at radius 3 is 1.07 bits per heavy atom. The number of anilines is 6. The van der Waals surface area contributed by atoms with Crippen LogP contribution in [0.4, 0.5) is 34.1 Å². The Morgan fingerprint density at radius 2 is 0.676 bits per heavy atom. The highest BCUT2D eigenvalue weighted by molar-refractivity contribution is 6.29. The van der Waals surface area contributed by atoms with Gasteiger partial charge in [-0.3, -0.25) is 0 Å². The summed E-state index contributed by atoms with van der Waals surface area (Å²) >= 11 is 0. The van der Waals surface area contributed by atoms with Crippen molar-refractivity contribution in [2.24, 2.45) is 0 Å². The monoisotopic (exact) mass is 884 g/mol. The molecule has 0 aliphatic rings. The SMILES string of the molecule is Cc1ccccc1N(c1ccc2ccc3c(N(c4ccccc4C)c4cccc5c4oc4c(C(C)(C)C)ccc(C)c45)ccc4ccc1c2c43)c1cccc2c1oc1c(C(C)(C)C)ccc(C)c12. The van der Waals surface area contributed by atoms with Crippen LogP contribution in [-0.2, 0) is 10.8 Å². The number of rotatable bonds is 6. The molecule has 0 radical (unpaired) electrons. The molecule has 0 aliphatic carbocycles. The van der Waals surface area contributed by atoms with Crippen molar-refractivity contribution < 1.29 is 8.83 Å². The van der Waals surface area contributed by atoms with Gasteiger partial charge in [-0.25, -0.2) is 0 Å². The van der Waals surface area contributed by atoms with Crippen molar-refractivity contribution >= 4 is 110 Å². The number of fused-ring (bicyclic) bond motifs is 6. The molecule has 0 saturated carbocycles. The van der Waals surface area contributed by atoms with Crippen molar-refractivity contribution in [3.05, 3.63) is 191 Å². The van der Waals surface area contributed by atoms with Crippen molar-refractivity contribution in [3.63, 3.8) is 0 Å². The third-order valence-corrected chi connectivity index (χ3v) is 14.6. The number of para-hydroxylation sites is 4. The lowest BCUT2D eigenvalue weighted by Gasteiger charge is -2.30. The molecular weight excluding hydrogens is 829 g/mol. The van der Waals surface area contributed by atoms with Gasteiger partial charge in [0.15, 0.2) is 11.2 Å². The van der Waals surface area contributed by atoms with Gasteiger partial charge in [0, 0.05) is 54.8 Å². The second kappa shape index (κ2) is 15.0. The molecule has 2 heterocycles. The molecule has 4 nitrogen and oxygen atoms in total. The van der Waals surface area contributed by atoms with Crippen LogP contribution in [0, 0.1) is 27.7 Å². The predicted octanol–water partition coefficient (Wildman–Crippen LogP) is 19.2. The number of furan rings is 2. The van der Waals surface area contributed by atoms with Gasteiger partial charge in [0.25, 0.3) is 0 Å². The maximum Gasteiger partial charge on any atom is 0.159 e. The number of benzene rings is 10. The number of hydrogen-bond donors (Lipinski definition) is 0. The second-order valence-corrected chi connectivity index (χ2v) is 21.1. The lowest BCUT2D eigenvalue weighted by molar-refractivity contribution is 0.572. The predicted molar refractivity (Wildman–Crippen MR) is 290 cm³/mol. The smallest absolute Gasteiger partial charge is 0.159 e. The molecule has 10 aromatic carbocycles. The molecule has 4 heteroatoms. The second-order valence-electron chi connectivity index (χ2n) is 21.1. The van der Waals surface area contributed by atoms with Gasteiger partial charge in [0.1, 0.15) is 11.2 Å². The molecule has 0 amide bonds. The summed E-state index contributed by atoms with van der Waals surface area (Å²) < 4.78 is 14.3. The van der Waals surface area contributed by atoms with Gasteiger partial charge in [0.2, 0.25) is 0 Å². The summed E-state index contributed by atoms with van der Waals surface area (Å²) in [5.74, 6) is 0. The first-order valence-electron chi connectivity index (χ1n) is 24.0. The highest BCUT2D eigenvalue weighted by Gasteiger charge is 2.29. The topological polar surface area (TPSA) is 32.8 Å². The van der Waals surface area contributed by atoms with E-state index < -0.39 is 0 Å². The minimum absolute atomic E-state index is 0.0944. The van der Waals surface area contributed by atoms with E-state index in [-0.39, 0.29) is 10.8 Å². The van der Waals surface area contributed by atoms with Crippen LogP contribution in [0.25, 0.3) is 76.2 Å². The fraction of sp³-hybridized carbons (Fsp3) is 0.188. The van der Waals surface area contributed by atoms with Crippen molar-refractivity contribution in [1.29, 1.82) is 0 Å². The number of nitrogens with zero attached hydrogens (tertiary/aromatic N) is 2. The van der Waals surface area contributed by atoms with Gasteiger partial charge in [-0.2, -0.15) is 0 Å². The van der Waals surface area contributed by atoms with E-state index in [2.05, 4.69) is 237 Å². The van der Waals surface area contributed by atoms with E-state index in [4.69, 9.17) is 8.83 Å². The first-order chi connectivity index (χ1) is 32.7. The molecule has 0 saturated heterocycles. The van der Waals surface area contributed by atoms with Crippen LogP contribution in [-0.4, -0.2) is 0 Å². The van der Waals surface area contributed by atoms with Crippen LogP contribution in [0.5, 0.6) is 0 Å². The molecule has 68 heavy (non-hydrogen) atoms. The molecule has 0 spiro atoms. The van der Waals surface area contributed by atoms with E-state index in [1.54, 1.807) is 0 Å². The normalized spacial score (nSPS) is 12.6. The zero-order valence-corrected chi connectivity index (χ0v) is 40.7. The Bertz CT molecular complexity index is 3740. The molecule has 0 unspecified atom stereocenters. The van der Waals surface area contributed by atoms with Gasteiger partial charge < -0.3 is 18.6 Å². The summed E-state index contributed by atoms with van der Waals surface area (Å²) in [6, 6.07) is 58.2. The van der Waals surface area contributed by atoms with Gasteiger partial charge >= 0.3 is 0 Å². The molecule has 0 aliphatic heterocycles. The lowest BCUT2D eigenvalue weighted by Crippen LogP contribution is -2.13. The molecule has 334 valence electrons. The third-order valence-electron chi connectivity index (χ3n) is 14.6. The van der Waals surface area contributed by atoms with E-state index in [1.807, 2.05) is 0 Å². The van der Waals surface area contributed by atoms with Crippen LogP contribution in [0.2, 0.25) is 0 Å². The lowest BCUT2D eigenvalue weighted by atomic mass is 9.85. The number of aryl methyl sites for hydroxylation is 4.